The van der Waals surface area contributed by atoms with Crippen LogP contribution in [0.15, 0.2) is 11.6 Å². The molecule has 0 rings (SSSR count). The molecule has 0 fully saturated rings. The van der Waals surface area contributed by atoms with E-state index in [1.54, 1.807) is 0 Å². The lowest BCUT2D eigenvalue weighted by molar-refractivity contribution is 0.177. The molecule has 0 unspecified atom stereocenters. The Morgan fingerprint density at radius 2 is 1.35 bits per heavy atom. The maximum absolute atomic E-state index is 5.37. The van der Waals surface area contributed by atoms with E-state index >= 15 is 0 Å². The quantitative estimate of drug-likeness (QED) is 0.225. The van der Waals surface area contributed by atoms with Crippen molar-refractivity contribution in [3.8, 4) is 0 Å². The second kappa shape index (κ2) is 15.2. The SMILES string of the molecule is CCOC/C=C(\C)CCC[C@H](C)CCC[C@H](C)CCCC(C)C. The van der Waals surface area contributed by atoms with Gasteiger partial charge in [-0.2, -0.15) is 0 Å². The monoisotopic (exact) mass is 324 g/mol. The van der Waals surface area contributed by atoms with E-state index in [0.29, 0.717) is 0 Å². The van der Waals surface area contributed by atoms with Gasteiger partial charge in [0, 0.05) is 6.61 Å². The van der Waals surface area contributed by atoms with Gasteiger partial charge in [-0.3, -0.25) is 0 Å². The van der Waals surface area contributed by atoms with Crippen molar-refractivity contribution in [1.82, 2.24) is 0 Å². The van der Waals surface area contributed by atoms with Gasteiger partial charge in [0.2, 0.25) is 0 Å². The van der Waals surface area contributed by atoms with E-state index in [4.69, 9.17) is 4.74 Å². The molecule has 0 amide bonds. The van der Waals surface area contributed by atoms with E-state index in [1.165, 1.54) is 63.4 Å². The molecule has 0 aromatic carbocycles. The largest absolute Gasteiger partial charge is 0.378 e. The molecule has 0 heterocycles. The highest BCUT2D eigenvalue weighted by atomic mass is 16.5. The maximum atomic E-state index is 5.37. The van der Waals surface area contributed by atoms with Gasteiger partial charge in [-0.25, -0.2) is 0 Å². The molecule has 0 saturated heterocycles. The summed E-state index contributed by atoms with van der Waals surface area (Å²) in [5, 5.41) is 0. The van der Waals surface area contributed by atoms with Crippen LogP contribution in [0.4, 0.5) is 0 Å². The van der Waals surface area contributed by atoms with Crippen molar-refractivity contribution in [2.24, 2.45) is 17.8 Å². The lowest BCUT2D eigenvalue weighted by atomic mass is 9.91. The van der Waals surface area contributed by atoms with Crippen LogP contribution in [0.5, 0.6) is 0 Å². The molecule has 2 atom stereocenters. The number of hydrogen-bond donors (Lipinski definition) is 0. The van der Waals surface area contributed by atoms with Gasteiger partial charge in [0.25, 0.3) is 0 Å². The zero-order valence-electron chi connectivity index (χ0n) is 17.0. The number of allylic oxidation sites excluding steroid dienone is 1. The van der Waals surface area contributed by atoms with Gasteiger partial charge in [0.05, 0.1) is 6.61 Å². The van der Waals surface area contributed by atoms with Crippen LogP contribution < -0.4 is 0 Å². The van der Waals surface area contributed by atoms with Crippen LogP contribution >= 0.6 is 0 Å². The smallest absolute Gasteiger partial charge is 0.0649 e. The van der Waals surface area contributed by atoms with E-state index < -0.39 is 0 Å². The minimum absolute atomic E-state index is 0.784. The molecular formula is C22H44O. The molecular weight excluding hydrogens is 280 g/mol. The molecule has 23 heavy (non-hydrogen) atoms. The molecule has 0 spiro atoms. The summed E-state index contributed by atoms with van der Waals surface area (Å²) in [5.74, 6) is 2.68. The predicted octanol–water partition coefficient (Wildman–Crippen LogP) is 7.41. The van der Waals surface area contributed by atoms with Crippen LogP contribution in [0, 0.1) is 17.8 Å². The van der Waals surface area contributed by atoms with Gasteiger partial charge in [0.1, 0.15) is 0 Å². The van der Waals surface area contributed by atoms with Crippen molar-refractivity contribution >= 4 is 0 Å². The summed E-state index contributed by atoms with van der Waals surface area (Å²) >= 11 is 0. The molecule has 1 nitrogen and oxygen atoms in total. The summed E-state index contributed by atoms with van der Waals surface area (Å²) in [5.41, 5.74) is 1.49. The van der Waals surface area contributed by atoms with Crippen molar-refractivity contribution in [2.75, 3.05) is 13.2 Å². The predicted molar refractivity (Wildman–Crippen MR) is 105 cm³/mol. The lowest BCUT2D eigenvalue weighted by Crippen LogP contribution is -2.00. The van der Waals surface area contributed by atoms with E-state index in [-0.39, 0.29) is 0 Å². The van der Waals surface area contributed by atoms with Gasteiger partial charge in [-0.05, 0) is 44.4 Å². The Bertz CT molecular complexity index is 280. The molecule has 0 bridgehead atoms. The van der Waals surface area contributed by atoms with E-state index in [0.717, 1.165) is 31.0 Å². The third-order valence-corrected chi connectivity index (χ3v) is 4.89. The molecule has 0 aliphatic heterocycles. The Labute approximate surface area is 147 Å². The molecule has 1 heteroatoms. The third-order valence-electron chi connectivity index (χ3n) is 4.89. The van der Waals surface area contributed by atoms with Crippen LogP contribution in [0.3, 0.4) is 0 Å². The van der Waals surface area contributed by atoms with E-state index in [1.807, 2.05) is 0 Å². The first-order valence-corrected chi connectivity index (χ1v) is 10.2. The average molecular weight is 325 g/mol. The van der Waals surface area contributed by atoms with Gasteiger partial charge < -0.3 is 4.74 Å². The van der Waals surface area contributed by atoms with Gasteiger partial charge in [-0.15, -0.1) is 0 Å². The van der Waals surface area contributed by atoms with Crippen molar-refractivity contribution < 1.29 is 4.74 Å². The summed E-state index contributed by atoms with van der Waals surface area (Å²) in [7, 11) is 0. The molecule has 138 valence electrons. The summed E-state index contributed by atoms with van der Waals surface area (Å²) in [6, 6.07) is 0. The van der Waals surface area contributed by atoms with Crippen LogP contribution in [0.2, 0.25) is 0 Å². The fraction of sp³-hybridized carbons (Fsp3) is 0.909. The topological polar surface area (TPSA) is 9.23 Å². The second-order valence-electron chi connectivity index (χ2n) is 8.07. The number of ether oxygens (including phenoxy) is 1. The first kappa shape index (κ1) is 22.7. The minimum atomic E-state index is 0.784. The fourth-order valence-corrected chi connectivity index (χ4v) is 3.13. The van der Waals surface area contributed by atoms with Crippen molar-refractivity contribution in [3.63, 3.8) is 0 Å². The van der Waals surface area contributed by atoms with Crippen molar-refractivity contribution in [2.45, 2.75) is 99.3 Å². The van der Waals surface area contributed by atoms with Crippen LogP contribution in [0.1, 0.15) is 99.3 Å². The van der Waals surface area contributed by atoms with Gasteiger partial charge in [-0.1, -0.05) is 84.3 Å². The standard InChI is InChI=1S/C22H44O/c1-7-23-18-17-22(6)16-10-15-21(5)14-9-13-20(4)12-8-11-19(2)3/h17,19-21H,7-16,18H2,1-6H3/b22-17+/t20-,21-/m1/s1. The summed E-state index contributed by atoms with van der Waals surface area (Å²) in [6.45, 7) is 15.4. The van der Waals surface area contributed by atoms with Crippen molar-refractivity contribution in [3.05, 3.63) is 11.6 Å². The lowest BCUT2D eigenvalue weighted by Gasteiger charge is -2.15. The summed E-state index contributed by atoms with van der Waals surface area (Å²) in [6.07, 6.45) is 14.7. The molecule has 0 radical (unpaired) electrons. The zero-order chi connectivity index (χ0) is 17.5. The van der Waals surface area contributed by atoms with Crippen LogP contribution in [-0.4, -0.2) is 13.2 Å². The Morgan fingerprint density at radius 1 is 0.826 bits per heavy atom. The average Bonchev–Trinajstić information content (AvgIpc) is 2.47. The highest BCUT2D eigenvalue weighted by molar-refractivity contribution is 4.97. The molecule has 0 aromatic rings. The van der Waals surface area contributed by atoms with Crippen LogP contribution in [-0.2, 0) is 4.74 Å². The minimum Gasteiger partial charge on any atom is -0.378 e. The molecule has 0 saturated carbocycles. The third kappa shape index (κ3) is 16.3. The van der Waals surface area contributed by atoms with E-state index in [9.17, 15) is 0 Å². The Kier molecular flexibility index (Phi) is 15.0. The fourth-order valence-electron chi connectivity index (χ4n) is 3.13. The zero-order valence-corrected chi connectivity index (χ0v) is 17.0. The summed E-state index contributed by atoms with van der Waals surface area (Å²) in [4.78, 5) is 0. The first-order valence-electron chi connectivity index (χ1n) is 10.2. The van der Waals surface area contributed by atoms with E-state index in [2.05, 4.69) is 47.6 Å². The normalized spacial score (nSPS) is 15.2. The molecule has 0 aliphatic rings. The van der Waals surface area contributed by atoms with Gasteiger partial charge in [0.15, 0.2) is 0 Å². The second-order valence-corrected chi connectivity index (χ2v) is 8.07. The molecule has 0 N–H and O–H groups in total. The molecule has 0 aliphatic carbocycles. The first-order chi connectivity index (χ1) is 11.0. The van der Waals surface area contributed by atoms with Crippen LogP contribution in [0.25, 0.3) is 0 Å². The number of hydrogen-bond acceptors (Lipinski definition) is 1. The summed E-state index contributed by atoms with van der Waals surface area (Å²) < 4.78 is 5.37. The maximum Gasteiger partial charge on any atom is 0.0649 e. The highest BCUT2D eigenvalue weighted by Gasteiger charge is 2.06. The Balaban J connectivity index is 3.56. The Hall–Kier alpha value is -0.300. The van der Waals surface area contributed by atoms with Crippen molar-refractivity contribution in [1.29, 1.82) is 0 Å². The molecule has 0 aromatic heterocycles. The van der Waals surface area contributed by atoms with Gasteiger partial charge >= 0.3 is 0 Å². The highest BCUT2D eigenvalue weighted by Crippen LogP contribution is 2.21. The number of rotatable bonds is 15. The Morgan fingerprint density at radius 3 is 1.87 bits per heavy atom.